The monoisotopic (exact) mass is 491 g/mol. The van der Waals surface area contributed by atoms with Gasteiger partial charge in [-0.1, -0.05) is 11.6 Å². The van der Waals surface area contributed by atoms with Gasteiger partial charge >= 0.3 is 6.18 Å². The van der Waals surface area contributed by atoms with Crippen molar-refractivity contribution < 1.29 is 18.0 Å². The number of halogens is 5. The molecule has 1 aromatic heterocycles. The molecule has 1 aromatic carbocycles. The number of rotatable bonds is 5. The molecule has 2 N–H and O–H groups in total. The molecule has 1 fully saturated rings. The number of nitrogens with zero attached hydrogens (tertiary/aromatic N) is 3. The van der Waals surface area contributed by atoms with E-state index < -0.39 is 22.7 Å². The fourth-order valence-electron chi connectivity index (χ4n) is 3.67. The molecule has 11 heteroatoms. The molecule has 0 unspecified atom stereocenters. The number of carbonyl (C=O) groups excluding carboxylic acids is 1. The van der Waals surface area contributed by atoms with E-state index in [0.717, 1.165) is 36.4 Å². The van der Waals surface area contributed by atoms with Crippen molar-refractivity contribution in [3.63, 3.8) is 0 Å². The lowest BCUT2D eigenvalue weighted by atomic mass is 9.91. The summed E-state index contributed by atoms with van der Waals surface area (Å²) in [6.45, 7) is 1.95. The van der Waals surface area contributed by atoms with Crippen molar-refractivity contribution in [2.24, 2.45) is 0 Å². The lowest BCUT2D eigenvalue weighted by Gasteiger charge is -2.30. The van der Waals surface area contributed by atoms with Crippen molar-refractivity contribution in [1.82, 2.24) is 15.3 Å². The fraction of sp³-hybridized carbons (Fsp3) is 0.476. The highest BCUT2D eigenvalue weighted by Crippen LogP contribution is 2.35. The number of anilines is 2. The van der Waals surface area contributed by atoms with Gasteiger partial charge in [0.15, 0.2) is 0 Å². The number of carbonyl (C=O) groups is 1. The Morgan fingerprint density at radius 1 is 1.16 bits per heavy atom. The Morgan fingerprint density at radius 3 is 2.38 bits per heavy atom. The number of aryl methyl sites for hydroxylation is 1. The SMILES string of the molecule is Cc1cnc(N[C@H]2CC[C@@H](NC(=O)c3ccc(Cl)c(C(F)(F)F)c3)CC2)nc1N(C)C.Cl. The number of hydrogen-bond acceptors (Lipinski definition) is 5. The van der Waals surface area contributed by atoms with Crippen molar-refractivity contribution in [3.8, 4) is 0 Å². The van der Waals surface area contributed by atoms with Crippen molar-refractivity contribution in [1.29, 1.82) is 0 Å². The molecular formula is C21H26Cl2F3N5O. The third kappa shape index (κ3) is 6.38. The molecule has 6 nitrogen and oxygen atoms in total. The molecule has 0 bridgehead atoms. The summed E-state index contributed by atoms with van der Waals surface area (Å²) in [5, 5.41) is 5.75. The van der Waals surface area contributed by atoms with Gasteiger partial charge in [0.2, 0.25) is 5.95 Å². The Bertz CT molecular complexity index is 948. The summed E-state index contributed by atoms with van der Waals surface area (Å²) < 4.78 is 39.1. The third-order valence-corrected chi connectivity index (χ3v) is 5.63. The highest BCUT2D eigenvalue weighted by Gasteiger charge is 2.34. The van der Waals surface area contributed by atoms with E-state index in [4.69, 9.17) is 11.6 Å². The first kappa shape index (κ1) is 26.0. The minimum atomic E-state index is -4.61. The number of nitrogens with one attached hydrogen (secondary N) is 2. The molecule has 176 valence electrons. The summed E-state index contributed by atoms with van der Waals surface area (Å²) in [6.07, 6.45) is 0.145. The number of alkyl halides is 3. The van der Waals surface area contributed by atoms with Crippen LogP contribution in [0, 0.1) is 6.92 Å². The molecule has 0 saturated heterocycles. The van der Waals surface area contributed by atoms with Gasteiger partial charge in [-0.2, -0.15) is 18.2 Å². The maximum atomic E-state index is 13.0. The number of hydrogen-bond donors (Lipinski definition) is 2. The van der Waals surface area contributed by atoms with Crippen LogP contribution in [0.3, 0.4) is 0 Å². The first-order valence-electron chi connectivity index (χ1n) is 9.99. The highest BCUT2D eigenvalue weighted by molar-refractivity contribution is 6.31. The summed E-state index contributed by atoms with van der Waals surface area (Å²) in [7, 11) is 3.84. The molecule has 1 saturated carbocycles. The fourth-order valence-corrected chi connectivity index (χ4v) is 3.90. The molecule has 0 aliphatic heterocycles. The minimum absolute atomic E-state index is 0. The maximum absolute atomic E-state index is 13.0. The third-order valence-electron chi connectivity index (χ3n) is 5.30. The quantitative estimate of drug-likeness (QED) is 0.608. The molecule has 32 heavy (non-hydrogen) atoms. The summed E-state index contributed by atoms with van der Waals surface area (Å²) in [5.74, 6) is 0.873. The Morgan fingerprint density at radius 2 is 1.78 bits per heavy atom. The zero-order chi connectivity index (χ0) is 22.8. The topological polar surface area (TPSA) is 70.1 Å². The van der Waals surface area contributed by atoms with E-state index in [0.29, 0.717) is 18.8 Å². The van der Waals surface area contributed by atoms with E-state index in [2.05, 4.69) is 20.6 Å². The van der Waals surface area contributed by atoms with Crippen molar-refractivity contribution in [2.45, 2.75) is 50.9 Å². The number of amides is 1. The molecule has 2 aromatic rings. The predicted octanol–water partition coefficient (Wildman–Crippen LogP) is 5.10. The Labute approximate surface area is 196 Å². The van der Waals surface area contributed by atoms with E-state index in [-0.39, 0.29) is 30.1 Å². The molecule has 0 spiro atoms. The summed E-state index contributed by atoms with van der Waals surface area (Å²) in [6, 6.07) is 3.26. The van der Waals surface area contributed by atoms with Crippen LogP contribution in [0.15, 0.2) is 24.4 Å². The van der Waals surface area contributed by atoms with E-state index in [1.54, 1.807) is 6.20 Å². The molecule has 0 atom stereocenters. The summed E-state index contributed by atoms with van der Waals surface area (Å²) in [4.78, 5) is 23.2. The van der Waals surface area contributed by atoms with Crippen LogP contribution < -0.4 is 15.5 Å². The van der Waals surface area contributed by atoms with Gasteiger partial charge in [0, 0.05) is 43.5 Å². The average molecular weight is 492 g/mol. The van der Waals surface area contributed by atoms with E-state index in [1.165, 1.54) is 6.07 Å². The number of aromatic nitrogens is 2. The molecule has 1 aliphatic rings. The maximum Gasteiger partial charge on any atom is 0.417 e. The van der Waals surface area contributed by atoms with Gasteiger partial charge in [0.25, 0.3) is 5.91 Å². The van der Waals surface area contributed by atoms with E-state index in [1.807, 2.05) is 25.9 Å². The molecule has 0 radical (unpaired) electrons. The zero-order valence-electron chi connectivity index (χ0n) is 18.0. The van der Waals surface area contributed by atoms with Gasteiger partial charge in [-0.25, -0.2) is 4.98 Å². The molecule has 1 amide bonds. The predicted molar refractivity (Wildman–Crippen MR) is 122 cm³/mol. The van der Waals surface area contributed by atoms with Crippen LogP contribution >= 0.6 is 24.0 Å². The number of benzene rings is 1. The second-order valence-electron chi connectivity index (χ2n) is 7.95. The van der Waals surface area contributed by atoms with Gasteiger partial charge in [0.1, 0.15) is 5.82 Å². The summed E-state index contributed by atoms with van der Waals surface area (Å²) >= 11 is 5.62. The Hall–Kier alpha value is -2.26. The van der Waals surface area contributed by atoms with Gasteiger partial charge in [0.05, 0.1) is 10.6 Å². The van der Waals surface area contributed by atoms with Gasteiger partial charge < -0.3 is 15.5 Å². The molecular weight excluding hydrogens is 466 g/mol. The highest BCUT2D eigenvalue weighted by atomic mass is 35.5. The van der Waals surface area contributed by atoms with Crippen LogP contribution in [0.4, 0.5) is 24.9 Å². The Kier molecular flexibility index (Phi) is 8.59. The lowest BCUT2D eigenvalue weighted by molar-refractivity contribution is -0.137. The van der Waals surface area contributed by atoms with Crippen LogP contribution in [-0.4, -0.2) is 42.1 Å². The van der Waals surface area contributed by atoms with Gasteiger partial charge in [-0.15, -0.1) is 12.4 Å². The van der Waals surface area contributed by atoms with Crippen molar-refractivity contribution in [3.05, 3.63) is 46.1 Å². The second kappa shape index (κ2) is 10.6. The smallest absolute Gasteiger partial charge is 0.362 e. The van der Waals surface area contributed by atoms with Crippen molar-refractivity contribution >= 4 is 41.7 Å². The van der Waals surface area contributed by atoms with Crippen LogP contribution in [0.5, 0.6) is 0 Å². The first-order chi connectivity index (χ1) is 14.5. The van der Waals surface area contributed by atoms with Crippen molar-refractivity contribution in [2.75, 3.05) is 24.3 Å². The normalized spacial score (nSPS) is 18.5. The minimum Gasteiger partial charge on any atom is -0.362 e. The van der Waals surface area contributed by atoms with E-state index in [9.17, 15) is 18.0 Å². The zero-order valence-corrected chi connectivity index (χ0v) is 19.5. The second-order valence-corrected chi connectivity index (χ2v) is 8.36. The largest absolute Gasteiger partial charge is 0.417 e. The first-order valence-corrected chi connectivity index (χ1v) is 10.4. The average Bonchev–Trinajstić information content (AvgIpc) is 2.70. The molecule has 1 aliphatic carbocycles. The standard InChI is InChI=1S/C21H25ClF3N5O.ClH/c1-12-11-26-20(29-18(12)30(2)3)28-15-7-5-14(6-8-15)27-19(31)13-4-9-17(22)16(10-13)21(23,24)25;/h4,9-11,14-15H,5-8H2,1-3H3,(H,27,31)(H,26,28,29);1H/t14-,15+;. The van der Waals surface area contributed by atoms with Crippen LogP contribution in [0.1, 0.15) is 47.2 Å². The van der Waals surface area contributed by atoms with E-state index >= 15 is 0 Å². The van der Waals surface area contributed by atoms with Crippen LogP contribution in [-0.2, 0) is 6.18 Å². The van der Waals surface area contributed by atoms with Gasteiger partial charge in [-0.05, 0) is 50.8 Å². The van der Waals surface area contributed by atoms with Crippen LogP contribution in [0.25, 0.3) is 0 Å². The summed E-state index contributed by atoms with van der Waals surface area (Å²) in [5.41, 5.74) is -0.0796. The lowest BCUT2D eigenvalue weighted by Crippen LogP contribution is -2.40. The van der Waals surface area contributed by atoms with Gasteiger partial charge in [-0.3, -0.25) is 4.79 Å². The molecule has 1 heterocycles. The molecule has 3 rings (SSSR count). The Balaban J connectivity index is 0.00000363. The van der Waals surface area contributed by atoms with Crippen LogP contribution in [0.2, 0.25) is 5.02 Å².